The molecule has 0 saturated carbocycles. The lowest BCUT2D eigenvalue weighted by atomic mass is 10.1. The van der Waals surface area contributed by atoms with E-state index < -0.39 is 5.92 Å². The fraction of sp³-hybridized carbons (Fsp3) is 0.385. The Morgan fingerprint density at radius 2 is 1.89 bits per heavy atom. The second kappa shape index (κ2) is 4.56. The van der Waals surface area contributed by atoms with E-state index in [1.165, 1.54) is 0 Å². The Balaban J connectivity index is 1.88. The summed E-state index contributed by atoms with van der Waals surface area (Å²) < 4.78 is 26.2. The average Bonchev–Trinajstić information content (AvgIpc) is 2.38. The summed E-state index contributed by atoms with van der Waals surface area (Å²) in [7, 11) is 0. The monoisotopic (exact) mass is 283 g/mol. The number of halogens is 3. The largest absolute Gasteiger partial charge is 0.355 e. The minimum absolute atomic E-state index is 0.132. The number of nitrogens with zero attached hydrogens (tertiary/aromatic N) is 3. The Morgan fingerprint density at radius 3 is 2.63 bits per heavy atom. The molecule has 19 heavy (non-hydrogen) atoms. The zero-order valence-corrected chi connectivity index (χ0v) is 10.9. The van der Waals surface area contributed by atoms with Crippen LogP contribution in [0.1, 0.15) is 12.8 Å². The first-order chi connectivity index (χ1) is 9.03. The van der Waals surface area contributed by atoms with Crippen molar-refractivity contribution in [3.8, 4) is 0 Å². The summed E-state index contributed by atoms with van der Waals surface area (Å²) in [5.41, 5.74) is 1.43. The van der Waals surface area contributed by atoms with E-state index in [-0.39, 0.29) is 12.8 Å². The first-order valence-corrected chi connectivity index (χ1v) is 6.46. The third kappa shape index (κ3) is 2.61. The number of benzene rings is 1. The van der Waals surface area contributed by atoms with Crippen molar-refractivity contribution in [1.82, 2.24) is 9.97 Å². The Hall–Kier alpha value is -1.49. The third-order valence-electron chi connectivity index (χ3n) is 3.31. The molecule has 0 atom stereocenters. The van der Waals surface area contributed by atoms with Crippen molar-refractivity contribution in [1.29, 1.82) is 0 Å². The van der Waals surface area contributed by atoms with Gasteiger partial charge >= 0.3 is 0 Å². The minimum Gasteiger partial charge on any atom is -0.355 e. The summed E-state index contributed by atoms with van der Waals surface area (Å²) in [6.07, 6.45) is 1.35. The van der Waals surface area contributed by atoms with Gasteiger partial charge in [-0.3, -0.25) is 4.98 Å². The smallest absolute Gasteiger partial charge is 0.251 e. The Labute approximate surface area is 114 Å². The van der Waals surface area contributed by atoms with Gasteiger partial charge in [-0.1, -0.05) is 11.6 Å². The van der Waals surface area contributed by atoms with Gasteiger partial charge in [-0.25, -0.2) is 13.8 Å². The standard InChI is InChI=1S/C13H12ClF2N3/c14-9-1-2-10-11(7-9)17-8-12(18-10)19-5-3-13(15,16)4-6-19/h1-2,7-8H,3-6H2. The van der Waals surface area contributed by atoms with Crippen LogP contribution in [0.3, 0.4) is 0 Å². The molecule has 0 amide bonds. The van der Waals surface area contributed by atoms with Crippen LogP contribution in [0.5, 0.6) is 0 Å². The van der Waals surface area contributed by atoms with Crippen molar-refractivity contribution in [3.05, 3.63) is 29.4 Å². The summed E-state index contributed by atoms with van der Waals surface area (Å²) in [4.78, 5) is 10.6. The van der Waals surface area contributed by atoms with E-state index in [0.717, 1.165) is 5.52 Å². The number of hydrogen-bond acceptors (Lipinski definition) is 3. The topological polar surface area (TPSA) is 29.0 Å². The van der Waals surface area contributed by atoms with Gasteiger partial charge in [0.05, 0.1) is 17.2 Å². The number of rotatable bonds is 1. The molecule has 0 aliphatic carbocycles. The molecule has 0 radical (unpaired) electrons. The highest BCUT2D eigenvalue weighted by atomic mass is 35.5. The lowest BCUT2D eigenvalue weighted by molar-refractivity contribution is -0.0221. The van der Waals surface area contributed by atoms with Crippen LogP contribution >= 0.6 is 11.6 Å². The molecular weight excluding hydrogens is 272 g/mol. The van der Waals surface area contributed by atoms with Crippen LogP contribution in [0.25, 0.3) is 11.0 Å². The van der Waals surface area contributed by atoms with Gasteiger partial charge in [0.2, 0.25) is 0 Å². The number of piperidine rings is 1. The van der Waals surface area contributed by atoms with Crippen LogP contribution in [-0.4, -0.2) is 29.0 Å². The number of fused-ring (bicyclic) bond motifs is 1. The van der Waals surface area contributed by atoms with Crippen LogP contribution in [0.2, 0.25) is 5.02 Å². The first kappa shape index (κ1) is 12.5. The summed E-state index contributed by atoms with van der Waals surface area (Å²) in [6.45, 7) is 0.613. The summed E-state index contributed by atoms with van der Waals surface area (Å²) in [6, 6.07) is 5.26. The molecule has 2 heterocycles. The second-order valence-electron chi connectivity index (χ2n) is 4.70. The number of aromatic nitrogens is 2. The van der Waals surface area contributed by atoms with E-state index in [4.69, 9.17) is 11.6 Å². The molecule has 0 unspecified atom stereocenters. The molecule has 0 N–H and O–H groups in total. The third-order valence-corrected chi connectivity index (χ3v) is 3.55. The minimum atomic E-state index is -2.55. The number of anilines is 1. The maximum Gasteiger partial charge on any atom is 0.251 e. The lowest BCUT2D eigenvalue weighted by Gasteiger charge is -2.32. The lowest BCUT2D eigenvalue weighted by Crippen LogP contribution is -2.39. The molecule has 1 aromatic carbocycles. The molecular formula is C13H12ClF2N3. The Bertz CT molecular complexity index is 608. The first-order valence-electron chi connectivity index (χ1n) is 6.09. The molecule has 1 aliphatic heterocycles. The summed E-state index contributed by atoms with van der Waals surface area (Å²) in [5, 5.41) is 0.604. The maximum absolute atomic E-state index is 13.1. The van der Waals surface area contributed by atoms with Gasteiger partial charge in [0.25, 0.3) is 5.92 Å². The van der Waals surface area contributed by atoms with Gasteiger partial charge < -0.3 is 4.90 Å². The van der Waals surface area contributed by atoms with E-state index in [9.17, 15) is 8.78 Å². The van der Waals surface area contributed by atoms with Crippen molar-refractivity contribution in [2.75, 3.05) is 18.0 Å². The normalized spacial score (nSPS) is 18.8. The molecule has 2 aromatic rings. The van der Waals surface area contributed by atoms with Crippen LogP contribution in [0.4, 0.5) is 14.6 Å². The van der Waals surface area contributed by atoms with Crippen molar-refractivity contribution in [3.63, 3.8) is 0 Å². The highest BCUT2D eigenvalue weighted by molar-refractivity contribution is 6.31. The van der Waals surface area contributed by atoms with E-state index >= 15 is 0 Å². The van der Waals surface area contributed by atoms with E-state index in [2.05, 4.69) is 9.97 Å². The highest BCUT2D eigenvalue weighted by Gasteiger charge is 2.34. The van der Waals surface area contributed by atoms with Crippen molar-refractivity contribution in [2.45, 2.75) is 18.8 Å². The van der Waals surface area contributed by atoms with E-state index in [0.29, 0.717) is 29.4 Å². The van der Waals surface area contributed by atoms with E-state index in [1.807, 2.05) is 4.90 Å². The zero-order chi connectivity index (χ0) is 13.5. The van der Waals surface area contributed by atoms with Crippen molar-refractivity contribution < 1.29 is 8.78 Å². The number of hydrogen-bond donors (Lipinski definition) is 0. The highest BCUT2D eigenvalue weighted by Crippen LogP contribution is 2.30. The number of alkyl halides is 2. The summed E-state index contributed by atoms with van der Waals surface area (Å²) in [5.74, 6) is -1.90. The predicted molar refractivity (Wildman–Crippen MR) is 70.9 cm³/mol. The van der Waals surface area contributed by atoms with Gasteiger partial charge in [0.15, 0.2) is 0 Å². The molecule has 0 bridgehead atoms. The Kier molecular flexibility index (Phi) is 3.01. The van der Waals surface area contributed by atoms with E-state index in [1.54, 1.807) is 24.4 Å². The van der Waals surface area contributed by atoms with Gasteiger partial charge in [0.1, 0.15) is 5.82 Å². The quantitative estimate of drug-likeness (QED) is 0.802. The molecule has 1 fully saturated rings. The van der Waals surface area contributed by atoms with Gasteiger partial charge in [0, 0.05) is 31.0 Å². The second-order valence-corrected chi connectivity index (χ2v) is 5.14. The molecule has 3 rings (SSSR count). The van der Waals surface area contributed by atoms with Crippen LogP contribution in [0, 0.1) is 0 Å². The zero-order valence-electron chi connectivity index (χ0n) is 10.1. The molecule has 1 aliphatic rings. The van der Waals surface area contributed by atoms with Crippen LogP contribution in [-0.2, 0) is 0 Å². The molecule has 3 nitrogen and oxygen atoms in total. The van der Waals surface area contributed by atoms with Crippen LogP contribution in [0.15, 0.2) is 24.4 Å². The van der Waals surface area contributed by atoms with Crippen molar-refractivity contribution in [2.24, 2.45) is 0 Å². The van der Waals surface area contributed by atoms with Crippen LogP contribution < -0.4 is 4.90 Å². The van der Waals surface area contributed by atoms with Gasteiger partial charge in [-0.05, 0) is 18.2 Å². The van der Waals surface area contributed by atoms with Gasteiger partial charge in [-0.2, -0.15) is 0 Å². The SMILES string of the molecule is FC1(F)CCN(c2cnc3cc(Cl)ccc3n2)CC1. The summed E-state index contributed by atoms with van der Waals surface area (Å²) >= 11 is 5.88. The predicted octanol–water partition coefficient (Wildman–Crippen LogP) is 3.52. The molecule has 0 spiro atoms. The maximum atomic E-state index is 13.1. The Morgan fingerprint density at radius 1 is 1.16 bits per heavy atom. The molecule has 100 valence electrons. The average molecular weight is 284 g/mol. The van der Waals surface area contributed by atoms with Crippen molar-refractivity contribution >= 4 is 28.5 Å². The fourth-order valence-electron chi connectivity index (χ4n) is 2.19. The fourth-order valence-corrected chi connectivity index (χ4v) is 2.36. The molecule has 6 heteroatoms. The molecule has 1 saturated heterocycles. The van der Waals surface area contributed by atoms with Gasteiger partial charge in [-0.15, -0.1) is 0 Å². The molecule has 1 aromatic heterocycles.